The number of halogens is 1. The molecular formula is C27H33BrN4O4. The van der Waals surface area contributed by atoms with Gasteiger partial charge in [-0.1, -0.05) is 28.1 Å². The summed E-state index contributed by atoms with van der Waals surface area (Å²) in [5.74, 6) is 0.200. The van der Waals surface area contributed by atoms with Crippen LogP contribution in [-0.4, -0.2) is 80.4 Å². The van der Waals surface area contributed by atoms with Gasteiger partial charge >= 0.3 is 6.09 Å². The molecule has 2 unspecified atom stereocenters. The number of hydrogen-bond donors (Lipinski definition) is 2. The Morgan fingerprint density at radius 3 is 2.67 bits per heavy atom. The summed E-state index contributed by atoms with van der Waals surface area (Å²) in [5, 5.41) is 6.69. The van der Waals surface area contributed by atoms with Crippen LogP contribution in [0.2, 0.25) is 0 Å². The zero-order chi connectivity index (χ0) is 25.1. The second-order valence-electron chi connectivity index (χ2n) is 9.47. The molecule has 2 fully saturated rings. The third kappa shape index (κ3) is 5.23. The van der Waals surface area contributed by atoms with E-state index in [2.05, 4.69) is 43.6 Å². The fraction of sp³-hybridized carbons (Fsp3) is 0.481. The molecule has 0 radical (unpaired) electrons. The molecule has 3 aliphatic rings. The van der Waals surface area contributed by atoms with Crippen LogP contribution in [0.15, 0.2) is 46.9 Å². The van der Waals surface area contributed by atoms with Gasteiger partial charge in [0.05, 0.1) is 31.9 Å². The minimum atomic E-state index is -0.301. The predicted molar refractivity (Wildman–Crippen MR) is 141 cm³/mol. The first-order valence-electron chi connectivity index (χ1n) is 12.7. The quantitative estimate of drug-likeness (QED) is 0.559. The van der Waals surface area contributed by atoms with E-state index in [1.807, 2.05) is 42.2 Å². The van der Waals surface area contributed by atoms with E-state index in [9.17, 15) is 9.59 Å². The molecule has 0 aromatic heterocycles. The molecule has 8 nitrogen and oxygen atoms in total. The third-order valence-electron chi connectivity index (χ3n) is 7.36. The number of anilines is 1. The maximum atomic E-state index is 12.9. The van der Waals surface area contributed by atoms with E-state index >= 15 is 0 Å². The second-order valence-corrected chi connectivity index (χ2v) is 10.4. The molecule has 5 rings (SSSR count). The third-order valence-corrected chi connectivity index (χ3v) is 7.85. The lowest BCUT2D eigenvalue weighted by Crippen LogP contribution is -2.49. The average molecular weight is 557 g/mol. The molecule has 0 spiro atoms. The molecule has 2 aromatic rings. The van der Waals surface area contributed by atoms with Crippen LogP contribution in [0.3, 0.4) is 0 Å². The summed E-state index contributed by atoms with van der Waals surface area (Å²) in [6.45, 7) is 7.49. The van der Waals surface area contributed by atoms with E-state index in [0.29, 0.717) is 25.3 Å². The van der Waals surface area contributed by atoms with Gasteiger partial charge in [-0.05, 0) is 54.8 Å². The molecule has 0 saturated carbocycles. The van der Waals surface area contributed by atoms with Gasteiger partial charge in [0.1, 0.15) is 0 Å². The Morgan fingerprint density at radius 2 is 1.92 bits per heavy atom. The molecule has 192 valence electrons. The first-order valence-corrected chi connectivity index (χ1v) is 13.5. The molecular weight excluding hydrogens is 524 g/mol. The molecule has 3 heterocycles. The van der Waals surface area contributed by atoms with Crippen LogP contribution in [0.4, 0.5) is 10.5 Å². The van der Waals surface area contributed by atoms with Crippen molar-refractivity contribution >= 4 is 33.6 Å². The average Bonchev–Trinajstić information content (AvgIpc) is 3.26. The Bertz CT molecular complexity index is 1090. The van der Waals surface area contributed by atoms with Crippen LogP contribution < -0.4 is 10.6 Å². The van der Waals surface area contributed by atoms with E-state index in [4.69, 9.17) is 9.47 Å². The largest absolute Gasteiger partial charge is 0.450 e. The van der Waals surface area contributed by atoms with Crippen molar-refractivity contribution in [2.24, 2.45) is 0 Å². The Labute approximate surface area is 220 Å². The standard InChI is InChI=1S/C27H33BrN4O4/c1-2-36-27(34)32-11-9-21-22-17-20(28)7-8-23(22)30-24(21)25(32)18-3-5-19(6-4-18)26(33)29-10-12-31-13-15-35-16-14-31/h3-8,17,21,24-25,30H,2,9-16H2,1H3,(H,29,33)/t21?,24-,25?/m1/s1. The fourth-order valence-electron chi connectivity index (χ4n) is 5.58. The Balaban J connectivity index is 1.31. The molecule has 36 heavy (non-hydrogen) atoms. The highest BCUT2D eigenvalue weighted by Crippen LogP contribution is 2.48. The zero-order valence-electron chi connectivity index (χ0n) is 20.5. The van der Waals surface area contributed by atoms with E-state index in [-0.39, 0.29) is 30.0 Å². The van der Waals surface area contributed by atoms with E-state index in [1.165, 1.54) is 5.56 Å². The number of fused-ring (bicyclic) bond motifs is 3. The van der Waals surface area contributed by atoms with Crippen molar-refractivity contribution in [3.8, 4) is 0 Å². The molecule has 3 atom stereocenters. The maximum absolute atomic E-state index is 12.9. The predicted octanol–water partition coefficient (Wildman–Crippen LogP) is 3.99. The number of amides is 2. The molecule has 2 saturated heterocycles. The summed E-state index contributed by atoms with van der Waals surface area (Å²) in [5.41, 5.74) is 3.99. The summed E-state index contributed by atoms with van der Waals surface area (Å²) in [6.07, 6.45) is 0.560. The number of benzene rings is 2. The number of piperidine rings is 1. The Morgan fingerprint density at radius 1 is 1.14 bits per heavy atom. The first-order chi connectivity index (χ1) is 17.5. The smallest absolute Gasteiger partial charge is 0.410 e. The monoisotopic (exact) mass is 556 g/mol. The summed E-state index contributed by atoms with van der Waals surface area (Å²) < 4.78 is 11.8. The van der Waals surface area contributed by atoms with Gasteiger partial charge in [0.15, 0.2) is 0 Å². The number of carbonyl (C=O) groups excluding carboxylic acids is 2. The zero-order valence-corrected chi connectivity index (χ0v) is 22.1. The number of ether oxygens (including phenoxy) is 2. The van der Waals surface area contributed by atoms with Crippen LogP contribution in [0.5, 0.6) is 0 Å². The van der Waals surface area contributed by atoms with Crippen molar-refractivity contribution < 1.29 is 19.1 Å². The number of morpholine rings is 1. The highest BCUT2D eigenvalue weighted by Gasteiger charge is 2.46. The minimum absolute atomic E-state index is 0.0284. The summed E-state index contributed by atoms with van der Waals surface area (Å²) >= 11 is 3.60. The summed E-state index contributed by atoms with van der Waals surface area (Å²) in [6, 6.07) is 13.8. The van der Waals surface area contributed by atoms with Crippen LogP contribution in [0, 0.1) is 0 Å². The fourth-order valence-corrected chi connectivity index (χ4v) is 5.95. The van der Waals surface area contributed by atoms with Crippen molar-refractivity contribution in [3.05, 3.63) is 63.6 Å². The van der Waals surface area contributed by atoms with Crippen molar-refractivity contribution in [1.29, 1.82) is 0 Å². The van der Waals surface area contributed by atoms with Gasteiger partial charge in [-0.25, -0.2) is 4.79 Å². The normalized spacial score (nSPS) is 23.4. The number of hydrogen-bond acceptors (Lipinski definition) is 6. The van der Waals surface area contributed by atoms with Gasteiger partial charge in [-0.15, -0.1) is 0 Å². The van der Waals surface area contributed by atoms with Gasteiger partial charge in [0, 0.05) is 54.4 Å². The highest BCUT2D eigenvalue weighted by atomic mass is 79.9. The maximum Gasteiger partial charge on any atom is 0.410 e. The first kappa shape index (κ1) is 25.0. The van der Waals surface area contributed by atoms with Gasteiger partial charge in [0.25, 0.3) is 5.91 Å². The SMILES string of the molecule is CCOC(=O)N1CCC2c3cc(Br)ccc3N[C@H]2C1c1ccc(C(=O)NCCN2CCOCC2)cc1. The lowest BCUT2D eigenvalue weighted by molar-refractivity contribution is 0.0383. The lowest BCUT2D eigenvalue weighted by atomic mass is 9.81. The second kappa shape index (κ2) is 11.2. The molecule has 2 N–H and O–H groups in total. The highest BCUT2D eigenvalue weighted by molar-refractivity contribution is 9.10. The molecule has 2 aromatic carbocycles. The van der Waals surface area contributed by atoms with Crippen LogP contribution in [0.25, 0.3) is 0 Å². The van der Waals surface area contributed by atoms with Crippen LogP contribution >= 0.6 is 15.9 Å². The summed E-state index contributed by atoms with van der Waals surface area (Å²) in [4.78, 5) is 29.8. The van der Waals surface area contributed by atoms with E-state index < -0.39 is 0 Å². The molecule has 0 bridgehead atoms. The number of rotatable bonds is 6. The molecule has 3 aliphatic heterocycles. The van der Waals surface area contributed by atoms with Crippen LogP contribution in [0.1, 0.15) is 46.8 Å². The number of carbonyl (C=O) groups is 2. The number of likely N-dealkylation sites (tertiary alicyclic amines) is 1. The number of nitrogens with one attached hydrogen (secondary N) is 2. The van der Waals surface area contributed by atoms with Crippen LogP contribution in [-0.2, 0) is 9.47 Å². The number of nitrogens with zero attached hydrogens (tertiary/aromatic N) is 2. The van der Waals surface area contributed by atoms with Gasteiger partial charge in [-0.3, -0.25) is 14.6 Å². The summed E-state index contributed by atoms with van der Waals surface area (Å²) in [7, 11) is 0. The van der Waals surface area contributed by atoms with Crippen molar-refractivity contribution in [3.63, 3.8) is 0 Å². The molecule has 0 aliphatic carbocycles. The topological polar surface area (TPSA) is 83.1 Å². The van der Waals surface area contributed by atoms with E-state index in [0.717, 1.165) is 55.0 Å². The Hall–Kier alpha value is -2.62. The van der Waals surface area contributed by atoms with Gasteiger partial charge in [-0.2, -0.15) is 0 Å². The minimum Gasteiger partial charge on any atom is -0.450 e. The lowest BCUT2D eigenvalue weighted by Gasteiger charge is -2.42. The molecule has 9 heteroatoms. The van der Waals surface area contributed by atoms with E-state index in [1.54, 1.807) is 0 Å². The molecule has 2 amide bonds. The van der Waals surface area contributed by atoms with Crippen molar-refractivity contribution in [1.82, 2.24) is 15.1 Å². The Kier molecular flexibility index (Phi) is 7.79. The van der Waals surface area contributed by atoms with Crippen molar-refractivity contribution in [2.75, 3.05) is 57.9 Å². The van der Waals surface area contributed by atoms with Gasteiger partial charge < -0.3 is 20.1 Å². The van der Waals surface area contributed by atoms with Gasteiger partial charge in [0.2, 0.25) is 0 Å². The van der Waals surface area contributed by atoms with Crippen molar-refractivity contribution in [2.45, 2.75) is 31.3 Å².